The average Bonchev–Trinajstić information content (AvgIpc) is 2.78. The summed E-state index contributed by atoms with van der Waals surface area (Å²) >= 11 is 0. The highest BCUT2D eigenvalue weighted by molar-refractivity contribution is 5.86. The van der Waals surface area contributed by atoms with Gasteiger partial charge in [-0.05, 0) is 42.9 Å². The van der Waals surface area contributed by atoms with Crippen LogP contribution in [0.25, 0.3) is 0 Å². The molecule has 0 bridgehead atoms. The summed E-state index contributed by atoms with van der Waals surface area (Å²) in [6.45, 7) is 4.45. The van der Waals surface area contributed by atoms with Crippen molar-refractivity contribution < 1.29 is 9.59 Å². The number of ketones is 1. The van der Waals surface area contributed by atoms with Crippen LogP contribution >= 0.6 is 0 Å². The van der Waals surface area contributed by atoms with E-state index in [4.69, 9.17) is 5.73 Å². The van der Waals surface area contributed by atoms with Gasteiger partial charge in [0.1, 0.15) is 5.78 Å². The minimum Gasteiger partial charge on any atom is -0.327 e. The Morgan fingerprint density at radius 2 is 2.00 bits per heavy atom. The summed E-state index contributed by atoms with van der Waals surface area (Å²) in [7, 11) is 1.87. The van der Waals surface area contributed by atoms with E-state index >= 15 is 0 Å². The fourth-order valence-corrected chi connectivity index (χ4v) is 6.46. The first kappa shape index (κ1) is 15.4. The molecule has 6 atom stereocenters. The number of likely N-dealkylation sites (tertiary alicyclic amines) is 1. The van der Waals surface area contributed by atoms with Gasteiger partial charge in [0.25, 0.3) is 0 Å². The van der Waals surface area contributed by atoms with Crippen LogP contribution in [0.1, 0.15) is 52.4 Å². The zero-order valence-electron chi connectivity index (χ0n) is 14.5. The van der Waals surface area contributed by atoms with E-state index in [0.717, 1.165) is 31.4 Å². The Labute approximate surface area is 138 Å². The smallest absolute Gasteiger partial charge is 0.226 e. The molecular weight excluding hydrogens is 288 g/mol. The van der Waals surface area contributed by atoms with Crippen LogP contribution in [0.3, 0.4) is 0 Å². The lowest BCUT2D eigenvalue weighted by molar-refractivity contribution is -0.148. The lowest BCUT2D eigenvalue weighted by Gasteiger charge is -2.57. The molecule has 1 amide bonds. The summed E-state index contributed by atoms with van der Waals surface area (Å²) in [5.41, 5.74) is 7.30. The Morgan fingerprint density at radius 3 is 2.74 bits per heavy atom. The van der Waals surface area contributed by atoms with Crippen molar-refractivity contribution in [3.63, 3.8) is 0 Å². The summed E-state index contributed by atoms with van der Waals surface area (Å²) in [5, 5.41) is 0. The number of amides is 1. The highest BCUT2D eigenvalue weighted by Crippen LogP contribution is 2.62. The van der Waals surface area contributed by atoms with Gasteiger partial charge in [-0.1, -0.05) is 19.9 Å². The van der Waals surface area contributed by atoms with Gasteiger partial charge in [0.2, 0.25) is 5.91 Å². The number of allylic oxidation sites excluding steroid dienone is 2. The lowest BCUT2D eigenvalue weighted by Crippen LogP contribution is -2.58. The Balaban J connectivity index is 1.78. The Bertz CT molecular complexity index is 612. The van der Waals surface area contributed by atoms with Crippen molar-refractivity contribution in [3.05, 3.63) is 11.8 Å². The van der Waals surface area contributed by atoms with Crippen LogP contribution in [0, 0.1) is 28.6 Å². The third-order valence-corrected chi connectivity index (χ3v) is 7.78. The summed E-state index contributed by atoms with van der Waals surface area (Å²) in [5.74, 6) is 1.61. The van der Waals surface area contributed by atoms with Crippen molar-refractivity contribution in [2.45, 2.75) is 58.4 Å². The van der Waals surface area contributed by atoms with E-state index in [-0.39, 0.29) is 28.7 Å². The molecule has 3 aliphatic carbocycles. The van der Waals surface area contributed by atoms with Crippen molar-refractivity contribution in [3.8, 4) is 0 Å². The molecule has 0 aromatic heterocycles. The molecule has 4 heteroatoms. The molecule has 0 aromatic rings. The van der Waals surface area contributed by atoms with Gasteiger partial charge in [-0.15, -0.1) is 0 Å². The van der Waals surface area contributed by atoms with Gasteiger partial charge in [-0.25, -0.2) is 0 Å². The van der Waals surface area contributed by atoms with Crippen LogP contribution in [0.5, 0.6) is 0 Å². The Kier molecular flexibility index (Phi) is 3.13. The molecule has 0 spiro atoms. The number of piperidine rings is 1. The summed E-state index contributed by atoms with van der Waals surface area (Å²) in [4.78, 5) is 27.1. The van der Waals surface area contributed by atoms with Crippen LogP contribution in [-0.4, -0.2) is 29.7 Å². The second kappa shape index (κ2) is 4.69. The summed E-state index contributed by atoms with van der Waals surface area (Å²) < 4.78 is 0. The number of nitrogens with two attached hydrogens (primary N) is 1. The average molecular weight is 316 g/mol. The number of nitrogens with zero attached hydrogens (tertiary/aromatic N) is 1. The van der Waals surface area contributed by atoms with E-state index in [2.05, 4.69) is 19.9 Å². The molecular formula is C19H28N2O2. The van der Waals surface area contributed by atoms with Crippen LogP contribution in [0.15, 0.2) is 11.8 Å². The summed E-state index contributed by atoms with van der Waals surface area (Å²) in [6.07, 6.45) is 7.36. The van der Waals surface area contributed by atoms with Crippen molar-refractivity contribution in [2.24, 2.45) is 34.3 Å². The molecule has 23 heavy (non-hydrogen) atoms. The predicted molar refractivity (Wildman–Crippen MR) is 88.2 cm³/mol. The highest BCUT2D eigenvalue weighted by atomic mass is 16.2. The number of carbonyl (C=O) groups excluding carboxylic acids is 2. The molecule has 1 aliphatic heterocycles. The van der Waals surface area contributed by atoms with Gasteiger partial charge in [0.15, 0.2) is 0 Å². The fraction of sp³-hybridized carbons (Fsp3) is 0.789. The largest absolute Gasteiger partial charge is 0.327 e. The maximum Gasteiger partial charge on any atom is 0.226 e. The second-order valence-corrected chi connectivity index (χ2v) is 8.78. The second-order valence-electron chi connectivity index (χ2n) is 8.78. The third kappa shape index (κ3) is 1.81. The van der Waals surface area contributed by atoms with Crippen molar-refractivity contribution in [1.29, 1.82) is 0 Å². The molecule has 4 rings (SSSR count). The molecule has 1 heterocycles. The zero-order chi connectivity index (χ0) is 16.6. The van der Waals surface area contributed by atoms with Crippen LogP contribution in [0.2, 0.25) is 0 Å². The minimum atomic E-state index is -0.170. The molecule has 6 unspecified atom stereocenters. The van der Waals surface area contributed by atoms with Crippen molar-refractivity contribution >= 4 is 11.7 Å². The van der Waals surface area contributed by atoms with Crippen molar-refractivity contribution in [1.82, 2.24) is 4.90 Å². The monoisotopic (exact) mass is 316 g/mol. The van der Waals surface area contributed by atoms with Gasteiger partial charge >= 0.3 is 0 Å². The number of Topliss-reactive ketones (excluding diaryl/α,β-unsaturated/α-hetero) is 1. The quantitative estimate of drug-likeness (QED) is 0.747. The number of fused-ring (bicyclic) bond motifs is 5. The Hall–Kier alpha value is -1.16. The SMILES string of the molecule is CN1C(=O)CCC2(C)C1=CCC1C2C(=O)CC2(C)C(N)CCC12. The van der Waals surface area contributed by atoms with Gasteiger partial charge in [0.05, 0.1) is 0 Å². The van der Waals surface area contributed by atoms with Crippen molar-refractivity contribution in [2.75, 3.05) is 7.05 Å². The van der Waals surface area contributed by atoms with E-state index in [0.29, 0.717) is 30.5 Å². The number of rotatable bonds is 0. The minimum absolute atomic E-state index is 0.0175. The van der Waals surface area contributed by atoms with Crippen LogP contribution in [0.4, 0.5) is 0 Å². The molecule has 4 nitrogen and oxygen atoms in total. The lowest BCUT2D eigenvalue weighted by atomic mass is 9.49. The molecule has 3 fully saturated rings. The fourth-order valence-electron chi connectivity index (χ4n) is 6.46. The first-order valence-electron chi connectivity index (χ1n) is 9.04. The summed E-state index contributed by atoms with van der Waals surface area (Å²) in [6, 6.07) is 0.159. The molecule has 126 valence electrons. The van der Waals surface area contributed by atoms with Crippen LogP contribution < -0.4 is 5.73 Å². The molecule has 2 saturated carbocycles. The van der Waals surface area contributed by atoms with E-state index < -0.39 is 0 Å². The molecule has 1 saturated heterocycles. The number of hydrogen-bond acceptors (Lipinski definition) is 3. The van der Waals surface area contributed by atoms with Crippen LogP contribution in [-0.2, 0) is 9.59 Å². The highest BCUT2D eigenvalue weighted by Gasteiger charge is 2.61. The normalized spacial score (nSPS) is 49.4. The van der Waals surface area contributed by atoms with E-state index in [1.165, 1.54) is 0 Å². The van der Waals surface area contributed by atoms with E-state index in [9.17, 15) is 9.59 Å². The van der Waals surface area contributed by atoms with Gasteiger partial charge < -0.3 is 10.6 Å². The molecule has 2 N–H and O–H groups in total. The molecule has 0 radical (unpaired) electrons. The zero-order valence-corrected chi connectivity index (χ0v) is 14.5. The van der Waals surface area contributed by atoms with E-state index in [1.54, 1.807) is 4.90 Å². The van der Waals surface area contributed by atoms with Gasteiger partial charge in [-0.2, -0.15) is 0 Å². The Morgan fingerprint density at radius 1 is 1.26 bits per heavy atom. The number of hydrogen-bond donors (Lipinski definition) is 1. The maximum atomic E-state index is 13.2. The third-order valence-electron chi connectivity index (χ3n) is 7.78. The predicted octanol–water partition coefficient (Wildman–Crippen LogP) is 2.48. The van der Waals surface area contributed by atoms with Gasteiger partial charge in [-0.3, -0.25) is 9.59 Å². The standard InChI is InChI=1S/C19H28N2O2/c1-18-9-8-16(23)21(3)15(18)7-4-11-12-5-6-14(20)19(12,2)10-13(22)17(11)18/h7,11-12,14,17H,4-6,8-10,20H2,1-3H3. The topological polar surface area (TPSA) is 63.4 Å². The van der Waals surface area contributed by atoms with Gasteiger partial charge in [0, 0.05) is 43.0 Å². The first-order chi connectivity index (χ1) is 10.8. The molecule has 0 aromatic carbocycles. The number of carbonyl (C=O) groups is 2. The molecule has 4 aliphatic rings. The van der Waals surface area contributed by atoms with E-state index in [1.807, 2.05) is 7.05 Å². The maximum absolute atomic E-state index is 13.2. The first-order valence-corrected chi connectivity index (χ1v) is 9.04.